The van der Waals surface area contributed by atoms with Crippen LogP contribution in [0.2, 0.25) is 0 Å². The molecular formula is C11H16N4O3. The van der Waals surface area contributed by atoms with Crippen molar-refractivity contribution in [3.05, 3.63) is 17.5 Å². The molecule has 0 spiro atoms. The van der Waals surface area contributed by atoms with Crippen molar-refractivity contribution in [1.29, 1.82) is 0 Å². The molecular weight excluding hydrogens is 236 g/mol. The van der Waals surface area contributed by atoms with Gasteiger partial charge in [-0.15, -0.1) is 0 Å². The van der Waals surface area contributed by atoms with Gasteiger partial charge in [0.1, 0.15) is 11.5 Å². The Morgan fingerprint density at radius 1 is 1.50 bits per heavy atom. The molecule has 0 unspecified atom stereocenters. The molecule has 18 heavy (non-hydrogen) atoms. The van der Waals surface area contributed by atoms with Crippen molar-refractivity contribution >= 4 is 11.8 Å². The molecule has 2 rings (SSSR count). The van der Waals surface area contributed by atoms with Crippen molar-refractivity contribution in [3.8, 4) is 0 Å². The van der Waals surface area contributed by atoms with Gasteiger partial charge in [-0.1, -0.05) is 5.16 Å². The highest BCUT2D eigenvalue weighted by molar-refractivity contribution is 6.34. The van der Waals surface area contributed by atoms with Gasteiger partial charge in [-0.25, -0.2) is 0 Å². The zero-order valence-electron chi connectivity index (χ0n) is 10.2. The van der Waals surface area contributed by atoms with Gasteiger partial charge in [-0.05, 0) is 6.92 Å². The molecule has 1 saturated heterocycles. The summed E-state index contributed by atoms with van der Waals surface area (Å²) in [7, 11) is 0. The van der Waals surface area contributed by atoms with Crippen molar-refractivity contribution in [1.82, 2.24) is 20.7 Å². The first-order valence-electron chi connectivity index (χ1n) is 5.87. The van der Waals surface area contributed by atoms with Crippen molar-refractivity contribution in [2.45, 2.75) is 13.5 Å². The molecule has 2 amide bonds. The summed E-state index contributed by atoms with van der Waals surface area (Å²) in [5, 5.41) is 9.39. The maximum Gasteiger partial charge on any atom is 0.311 e. The van der Waals surface area contributed by atoms with Gasteiger partial charge < -0.3 is 20.1 Å². The second-order valence-electron chi connectivity index (χ2n) is 4.15. The number of carbonyl (C=O) groups excluding carboxylic acids is 2. The highest BCUT2D eigenvalue weighted by atomic mass is 16.5. The minimum absolute atomic E-state index is 0.202. The fourth-order valence-electron chi connectivity index (χ4n) is 1.76. The van der Waals surface area contributed by atoms with Gasteiger partial charge in [-0.3, -0.25) is 9.59 Å². The van der Waals surface area contributed by atoms with E-state index in [9.17, 15) is 9.59 Å². The average molecular weight is 252 g/mol. The van der Waals surface area contributed by atoms with E-state index in [2.05, 4.69) is 15.8 Å². The number of carbonyl (C=O) groups is 2. The van der Waals surface area contributed by atoms with Crippen LogP contribution in [0.3, 0.4) is 0 Å². The van der Waals surface area contributed by atoms with Crippen molar-refractivity contribution in [2.75, 3.05) is 26.2 Å². The van der Waals surface area contributed by atoms with E-state index in [0.29, 0.717) is 24.5 Å². The Hall–Kier alpha value is -1.89. The molecule has 7 nitrogen and oxygen atoms in total. The predicted octanol–water partition coefficient (Wildman–Crippen LogP) is -0.969. The molecule has 2 heterocycles. The highest BCUT2D eigenvalue weighted by Crippen LogP contribution is 2.01. The first-order valence-corrected chi connectivity index (χ1v) is 5.87. The number of nitrogens with one attached hydrogen (secondary N) is 2. The summed E-state index contributed by atoms with van der Waals surface area (Å²) in [5.74, 6) is -0.415. The Bertz CT molecular complexity index is 437. The first kappa shape index (κ1) is 12.6. The maximum atomic E-state index is 11.8. The van der Waals surface area contributed by atoms with Crippen LogP contribution in [-0.4, -0.2) is 48.0 Å². The SMILES string of the molecule is Cc1cc(CNC(=O)C(=O)N2CCNCC2)no1. The molecule has 7 heteroatoms. The molecule has 1 aromatic rings. The van der Waals surface area contributed by atoms with Crippen molar-refractivity contribution in [3.63, 3.8) is 0 Å². The monoisotopic (exact) mass is 252 g/mol. The van der Waals surface area contributed by atoms with E-state index in [1.54, 1.807) is 17.9 Å². The molecule has 0 aliphatic carbocycles. The van der Waals surface area contributed by atoms with Gasteiger partial charge >= 0.3 is 11.8 Å². The van der Waals surface area contributed by atoms with Crippen LogP contribution < -0.4 is 10.6 Å². The predicted molar refractivity (Wildman–Crippen MR) is 62.5 cm³/mol. The van der Waals surface area contributed by atoms with Crippen LogP contribution in [0.15, 0.2) is 10.6 Å². The second-order valence-corrected chi connectivity index (χ2v) is 4.15. The fraction of sp³-hybridized carbons (Fsp3) is 0.545. The minimum atomic E-state index is -0.599. The van der Waals surface area contributed by atoms with Crippen LogP contribution in [0, 0.1) is 6.92 Å². The molecule has 1 aromatic heterocycles. The Morgan fingerprint density at radius 2 is 2.22 bits per heavy atom. The third-order valence-electron chi connectivity index (χ3n) is 2.71. The van der Waals surface area contributed by atoms with Gasteiger partial charge in [0.05, 0.1) is 6.54 Å². The topological polar surface area (TPSA) is 87.5 Å². The lowest BCUT2D eigenvalue weighted by molar-refractivity contribution is -0.146. The van der Waals surface area contributed by atoms with E-state index < -0.39 is 11.8 Å². The van der Waals surface area contributed by atoms with Gasteiger partial charge in [0.25, 0.3) is 0 Å². The normalized spacial score (nSPS) is 15.5. The Balaban J connectivity index is 1.81. The molecule has 1 aliphatic heterocycles. The standard InChI is InChI=1S/C11H16N4O3/c1-8-6-9(14-18-8)7-13-10(16)11(17)15-4-2-12-3-5-15/h6,12H,2-5,7H2,1H3,(H,13,16). The Labute approximate surface area is 104 Å². The molecule has 0 aromatic carbocycles. The number of nitrogens with zero attached hydrogens (tertiary/aromatic N) is 2. The van der Waals surface area contributed by atoms with E-state index in [1.165, 1.54) is 0 Å². The largest absolute Gasteiger partial charge is 0.361 e. The van der Waals surface area contributed by atoms with Gasteiger partial charge in [0, 0.05) is 32.2 Å². The van der Waals surface area contributed by atoms with Gasteiger partial charge in [0.2, 0.25) is 0 Å². The molecule has 2 N–H and O–H groups in total. The summed E-state index contributed by atoms with van der Waals surface area (Å²) in [4.78, 5) is 24.9. The highest BCUT2D eigenvalue weighted by Gasteiger charge is 2.22. The van der Waals surface area contributed by atoms with E-state index in [-0.39, 0.29) is 6.54 Å². The van der Waals surface area contributed by atoms with Gasteiger partial charge in [-0.2, -0.15) is 0 Å². The van der Waals surface area contributed by atoms with E-state index in [0.717, 1.165) is 13.1 Å². The summed E-state index contributed by atoms with van der Waals surface area (Å²) in [6.45, 7) is 4.55. The summed E-state index contributed by atoms with van der Waals surface area (Å²) in [5.41, 5.74) is 0.606. The third kappa shape index (κ3) is 3.07. The summed E-state index contributed by atoms with van der Waals surface area (Å²) < 4.78 is 4.87. The molecule has 0 bridgehead atoms. The van der Waals surface area contributed by atoms with Crippen molar-refractivity contribution < 1.29 is 14.1 Å². The molecule has 0 atom stereocenters. The van der Waals surface area contributed by atoms with Crippen molar-refractivity contribution in [2.24, 2.45) is 0 Å². The number of hydrogen-bond acceptors (Lipinski definition) is 5. The van der Waals surface area contributed by atoms with E-state index in [1.807, 2.05) is 0 Å². The minimum Gasteiger partial charge on any atom is -0.361 e. The lowest BCUT2D eigenvalue weighted by Gasteiger charge is -2.26. The van der Waals surface area contributed by atoms with Crippen LogP contribution in [-0.2, 0) is 16.1 Å². The van der Waals surface area contributed by atoms with Crippen LogP contribution >= 0.6 is 0 Å². The zero-order valence-corrected chi connectivity index (χ0v) is 10.2. The van der Waals surface area contributed by atoms with Crippen LogP contribution in [0.5, 0.6) is 0 Å². The molecule has 1 aliphatic rings. The number of piperazine rings is 1. The first-order chi connectivity index (χ1) is 8.66. The number of amides is 2. The number of hydrogen-bond donors (Lipinski definition) is 2. The lowest BCUT2D eigenvalue weighted by Crippen LogP contribution is -2.51. The average Bonchev–Trinajstić information content (AvgIpc) is 2.82. The Kier molecular flexibility index (Phi) is 3.93. The van der Waals surface area contributed by atoms with Crippen LogP contribution in [0.4, 0.5) is 0 Å². The molecule has 98 valence electrons. The second kappa shape index (κ2) is 5.63. The van der Waals surface area contributed by atoms with E-state index >= 15 is 0 Å². The van der Waals surface area contributed by atoms with E-state index in [4.69, 9.17) is 4.52 Å². The number of aromatic nitrogens is 1. The smallest absolute Gasteiger partial charge is 0.311 e. The Morgan fingerprint density at radius 3 is 2.83 bits per heavy atom. The lowest BCUT2D eigenvalue weighted by atomic mass is 10.3. The molecule has 0 saturated carbocycles. The van der Waals surface area contributed by atoms with Crippen LogP contribution in [0.1, 0.15) is 11.5 Å². The number of rotatable bonds is 2. The van der Waals surface area contributed by atoms with Gasteiger partial charge in [0.15, 0.2) is 0 Å². The number of aryl methyl sites for hydroxylation is 1. The summed E-state index contributed by atoms with van der Waals surface area (Å²) in [6.07, 6.45) is 0. The van der Waals surface area contributed by atoms with Crippen LogP contribution in [0.25, 0.3) is 0 Å². The third-order valence-corrected chi connectivity index (χ3v) is 2.71. The summed E-state index contributed by atoms with van der Waals surface area (Å²) >= 11 is 0. The molecule has 0 radical (unpaired) electrons. The zero-order chi connectivity index (χ0) is 13.0. The molecule has 1 fully saturated rings. The maximum absolute atomic E-state index is 11.8. The fourth-order valence-corrected chi connectivity index (χ4v) is 1.76. The summed E-state index contributed by atoms with van der Waals surface area (Å²) in [6, 6.07) is 1.72. The quantitative estimate of drug-likeness (QED) is 0.661.